The minimum Gasteiger partial charge on any atom is -0.464 e. The number of ether oxygens (including phenoxy) is 1. The molecule has 1 rings (SSSR count). The first-order valence-electron chi connectivity index (χ1n) is 5.97. The molecular weight excluding hydrogens is 190 g/mol. The maximum Gasteiger partial charge on any atom is 0.308 e. The van der Waals surface area contributed by atoms with Gasteiger partial charge in [0.2, 0.25) is 0 Å². The Hall–Kier alpha value is -0.570. The molecule has 1 aliphatic rings. The molecule has 0 atom stereocenters. The SMILES string of the molecule is CCCCNC(C)(C)COC(=O)C1CC1. The van der Waals surface area contributed by atoms with Crippen LogP contribution in [0.3, 0.4) is 0 Å². The van der Waals surface area contributed by atoms with Gasteiger partial charge in [0.05, 0.1) is 5.92 Å². The smallest absolute Gasteiger partial charge is 0.308 e. The quantitative estimate of drug-likeness (QED) is 0.520. The number of esters is 1. The lowest BCUT2D eigenvalue weighted by atomic mass is 10.1. The van der Waals surface area contributed by atoms with Crippen LogP contribution in [0.15, 0.2) is 0 Å². The van der Waals surface area contributed by atoms with Crippen molar-refractivity contribution >= 4 is 5.97 Å². The highest BCUT2D eigenvalue weighted by molar-refractivity contribution is 5.74. The zero-order valence-electron chi connectivity index (χ0n) is 10.1. The first kappa shape index (κ1) is 12.5. The zero-order valence-corrected chi connectivity index (χ0v) is 10.1. The third-order valence-electron chi connectivity index (χ3n) is 2.62. The number of rotatable bonds is 7. The monoisotopic (exact) mass is 213 g/mol. The van der Waals surface area contributed by atoms with E-state index in [2.05, 4.69) is 26.1 Å². The van der Waals surface area contributed by atoms with Crippen LogP contribution < -0.4 is 5.32 Å². The van der Waals surface area contributed by atoms with Crippen LogP contribution in [0.4, 0.5) is 0 Å². The average molecular weight is 213 g/mol. The van der Waals surface area contributed by atoms with E-state index in [0.717, 1.165) is 19.4 Å². The second-order valence-corrected chi connectivity index (χ2v) is 5.05. The van der Waals surface area contributed by atoms with Gasteiger partial charge in [-0.2, -0.15) is 0 Å². The molecule has 88 valence electrons. The molecule has 0 aromatic heterocycles. The van der Waals surface area contributed by atoms with Crippen LogP contribution in [0, 0.1) is 5.92 Å². The van der Waals surface area contributed by atoms with E-state index in [0.29, 0.717) is 6.61 Å². The van der Waals surface area contributed by atoms with Gasteiger partial charge in [0.25, 0.3) is 0 Å². The number of carbonyl (C=O) groups excluding carboxylic acids is 1. The second kappa shape index (κ2) is 5.50. The Morgan fingerprint density at radius 3 is 2.67 bits per heavy atom. The molecule has 0 unspecified atom stereocenters. The summed E-state index contributed by atoms with van der Waals surface area (Å²) in [6.45, 7) is 7.78. The Morgan fingerprint density at radius 2 is 2.13 bits per heavy atom. The fourth-order valence-corrected chi connectivity index (χ4v) is 1.34. The fraction of sp³-hybridized carbons (Fsp3) is 0.917. The summed E-state index contributed by atoms with van der Waals surface area (Å²) in [5.41, 5.74) is -0.0975. The third-order valence-corrected chi connectivity index (χ3v) is 2.62. The molecule has 0 aromatic carbocycles. The lowest BCUT2D eigenvalue weighted by Crippen LogP contribution is -2.44. The normalized spacial score (nSPS) is 16.5. The summed E-state index contributed by atoms with van der Waals surface area (Å²) >= 11 is 0. The van der Waals surface area contributed by atoms with E-state index >= 15 is 0 Å². The van der Waals surface area contributed by atoms with E-state index in [-0.39, 0.29) is 17.4 Å². The maximum atomic E-state index is 11.3. The van der Waals surface area contributed by atoms with Crippen molar-refractivity contribution in [2.75, 3.05) is 13.2 Å². The van der Waals surface area contributed by atoms with E-state index in [4.69, 9.17) is 4.74 Å². The molecule has 3 heteroatoms. The van der Waals surface area contributed by atoms with Gasteiger partial charge in [0.1, 0.15) is 6.61 Å². The van der Waals surface area contributed by atoms with Crippen molar-refractivity contribution < 1.29 is 9.53 Å². The molecule has 1 aliphatic carbocycles. The highest BCUT2D eigenvalue weighted by atomic mass is 16.5. The van der Waals surface area contributed by atoms with Crippen molar-refractivity contribution in [3.63, 3.8) is 0 Å². The second-order valence-electron chi connectivity index (χ2n) is 5.05. The van der Waals surface area contributed by atoms with Crippen LogP contribution in [0.5, 0.6) is 0 Å². The largest absolute Gasteiger partial charge is 0.464 e. The van der Waals surface area contributed by atoms with E-state index in [9.17, 15) is 4.79 Å². The van der Waals surface area contributed by atoms with E-state index in [1.807, 2.05) is 0 Å². The summed E-state index contributed by atoms with van der Waals surface area (Å²) < 4.78 is 5.26. The van der Waals surface area contributed by atoms with E-state index in [1.54, 1.807) is 0 Å². The van der Waals surface area contributed by atoms with Gasteiger partial charge in [0.15, 0.2) is 0 Å². The predicted molar refractivity (Wildman–Crippen MR) is 60.7 cm³/mol. The van der Waals surface area contributed by atoms with Crippen LogP contribution >= 0.6 is 0 Å². The van der Waals surface area contributed by atoms with Gasteiger partial charge in [-0.15, -0.1) is 0 Å². The van der Waals surface area contributed by atoms with Crippen LogP contribution in [0.1, 0.15) is 46.5 Å². The van der Waals surface area contributed by atoms with Crippen molar-refractivity contribution in [2.45, 2.75) is 52.0 Å². The van der Waals surface area contributed by atoms with Gasteiger partial charge < -0.3 is 10.1 Å². The van der Waals surface area contributed by atoms with Crippen LogP contribution in [-0.4, -0.2) is 24.7 Å². The summed E-state index contributed by atoms with van der Waals surface area (Å²) in [5.74, 6) is 0.191. The standard InChI is InChI=1S/C12H23NO2/c1-4-5-8-13-12(2,3)9-15-11(14)10-6-7-10/h10,13H,4-9H2,1-3H3. The van der Waals surface area contributed by atoms with Gasteiger partial charge in [0, 0.05) is 5.54 Å². The summed E-state index contributed by atoms with van der Waals surface area (Å²) in [6, 6.07) is 0. The molecule has 0 spiro atoms. The predicted octanol–water partition coefficient (Wildman–Crippen LogP) is 2.11. The molecule has 0 radical (unpaired) electrons. The highest BCUT2D eigenvalue weighted by Crippen LogP contribution is 2.30. The molecule has 1 N–H and O–H groups in total. The molecule has 3 nitrogen and oxygen atoms in total. The van der Waals surface area contributed by atoms with Crippen LogP contribution in [0.2, 0.25) is 0 Å². The molecule has 1 fully saturated rings. The summed E-state index contributed by atoms with van der Waals surface area (Å²) in [4.78, 5) is 11.3. The summed E-state index contributed by atoms with van der Waals surface area (Å²) in [6.07, 6.45) is 4.38. The number of hydrogen-bond donors (Lipinski definition) is 1. The Labute approximate surface area is 92.6 Å². The van der Waals surface area contributed by atoms with Crippen molar-refractivity contribution in [2.24, 2.45) is 5.92 Å². The first-order chi connectivity index (χ1) is 7.05. The highest BCUT2D eigenvalue weighted by Gasteiger charge is 2.32. The number of hydrogen-bond acceptors (Lipinski definition) is 3. The molecule has 0 bridgehead atoms. The minimum absolute atomic E-state index is 0.0135. The maximum absolute atomic E-state index is 11.3. The van der Waals surface area contributed by atoms with Gasteiger partial charge in [-0.3, -0.25) is 4.79 Å². The Morgan fingerprint density at radius 1 is 1.47 bits per heavy atom. The zero-order chi connectivity index (χ0) is 11.3. The van der Waals surface area contributed by atoms with Gasteiger partial charge in [-0.25, -0.2) is 0 Å². The minimum atomic E-state index is -0.0975. The molecule has 0 aromatic rings. The first-order valence-corrected chi connectivity index (χ1v) is 5.97. The van der Waals surface area contributed by atoms with Crippen molar-refractivity contribution in [1.29, 1.82) is 0 Å². The number of nitrogens with one attached hydrogen (secondary N) is 1. The third kappa shape index (κ3) is 5.17. The van der Waals surface area contributed by atoms with Crippen LogP contribution in [-0.2, 0) is 9.53 Å². The lowest BCUT2D eigenvalue weighted by Gasteiger charge is -2.25. The molecule has 15 heavy (non-hydrogen) atoms. The Balaban J connectivity index is 2.13. The van der Waals surface area contributed by atoms with Crippen molar-refractivity contribution in [3.05, 3.63) is 0 Å². The topological polar surface area (TPSA) is 38.3 Å². The molecule has 1 saturated carbocycles. The molecule has 0 heterocycles. The Kier molecular flexibility index (Phi) is 4.58. The summed E-state index contributed by atoms with van der Waals surface area (Å²) in [5, 5.41) is 3.40. The number of carbonyl (C=O) groups is 1. The number of unbranched alkanes of at least 4 members (excludes halogenated alkanes) is 1. The van der Waals surface area contributed by atoms with E-state index < -0.39 is 0 Å². The molecule has 0 aliphatic heterocycles. The molecule has 0 saturated heterocycles. The molecule has 0 amide bonds. The summed E-state index contributed by atoms with van der Waals surface area (Å²) in [7, 11) is 0. The van der Waals surface area contributed by atoms with Gasteiger partial charge >= 0.3 is 5.97 Å². The van der Waals surface area contributed by atoms with Crippen LogP contribution in [0.25, 0.3) is 0 Å². The average Bonchev–Trinajstić information content (AvgIpc) is 2.98. The van der Waals surface area contributed by atoms with Crippen molar-refractivity contribution in [1.82, 2.24) is 5.32 Å². The lowest BCUT2D eigenvalue weighted by molar-refractivity contribution is -0.147. The molecular formula is C12H23NO2. The Bertz CT molecular complexity index is 210. The van der Waals surface area contributed by atoms with Gasteiger partial charge in [-0.05, 0) is 39.7 Å². The van der Waals surface area contributed by atoms with Gasteiger partial charge in [-0.1, -0.05) is 13.3 Å². The van der Waals surface area contributed by atoms with E-state index in [1.165, 1.54) is 12.8 Å². The fourth-order valence-electron chi connectivity index (χ4n) is 1.34. The van der Waals surface area contributed by atoms with Crippen molar-refractivity contribution in [3.8, 4) is 0 Å².